The van der Waals surface area contributed by atoms with Crippen LogP contribution in [0.4, 0.5) is 11.8 Å². The topological polar surface area (TPSA) is 88.4 Å². The van der Waals surface area contributed by atoms with Crippen LogP contribution in [0.5, 0.6) is 5.88 Å². The van der Waals surface area contributed by atoms with Crippen molar-refractivity contribution < 1.29 is 9.53 Å². The molecule has 0 atom stereocenters. The van der Waals surface area contributed by atoms with Gasteiger partial charge in [0.25, 0.3) is 5.91 Å². The van der Waals surface area contributed by atoms with E-state index >= 15 is 0 Å². The Morgan fingerprint density at radius 1 is 1.13 bits per heavy atom. The van der Waals surface area contributed by atoms with E-state index in [1.165, 1.54) is 39.2 Å². The van der Waals surface area contributed by atoms with Gasteiger partial charge in [-0.25, -0.2) is 4.98 Å². The van der Waals surface area contributed by atoms with Crippen LogP contribution in [-0.2, 0) is 7.05 Å². The first kappa shape index (κ1) is 20.4. The largest absolute Gasteiger partial charge is 0.479 e. The fourth-order valence-corrected chi connectivity index (χ4v) is 4.28. The van der Waals surface area contributed by atoms with Crippen molar-refractivity contribution in [3.8, 4) is 5.88 Å². The molecule has 30 heavy (non-hydrogen) atoms. The van der Waals surface area contributed by atoms with Crippen molar-refractivity contribution in [2.45, 2.75) is 45.1 Å². The van der Waals surface area contributed by atoms with Gasteiger partial charge in [-0.1, -0.05) is 19.3 Å². The molecule has 2 fully saturated rings. The number of aromatic nitrogens is 4. The number of carbonyl (C=O) groups excluding carboxylic acids is 1. The van der Waals surface area contributed by atoms with Gasteiger partial charge in [-0.15, -0.1) is 5.10 Å². The number of carbonyl (C=O) groups is 1. The van der Waals surface area contributed by atoms with Crippen LogP contribution in [-0.4, -0.2) is 69.9 Å². The van der Waals surface area contributed by atoms with Crippen molar-refractivity contribution in [2.24, 2.45) is 7.05 Å². The highest BCUT2D eigenvalue weighted by Gasteiger charge is 2.27. The van der Waals surface area contributed by atoms with Crippen LogP contribution in [0.1, 0.15) is 48.2 Å². The predicted octanol–water partition coefficient (Wildman–Crippen LogP) is 2.23. The maximum atomic E-state index is 12.9. The molecule has 1 N–H and O–H groups in total. The average Bonchev–Trinajstić information content (AvgIpc) is 3.14. The molecule has 9 heteroatoms. The van der Waals surface area contributed by atoms with Gasteiger partial charge < -0.3 is 19.9 Å². The van der Waals surface area contributed by atoms with E-state index in [1.54, 1.807) is 17.9 Å². The Balaban J connectivity index is 1.40. The summed E-state index contributed by atoms with van der Waals surface area (Å²) >= 11 is 0. The number of hydrogen-bond acceptors (Lipinski definition) is 7. The molecule has 2 aromatic rings. The second-order valence-electron chi connectivity index (χ2n) is 8.18. The normalized spacial score (nSPS) is 17.8. The number of piperazine rings is 1. The van der Waals surface area contributed by atoms with Gasteiger partial charge in [0.1, 0.15) is 11.4 Å². The summed E-state index contributed by atoms with van der Waals surface area (Å²) in [5, 5.41) is 7.72. The molecule has 162 valence electrons. The Kier molecular flexibility index (Phi) is 6.06. The monoisotopic (exact) mass is 413 g/mol. The molecule has 0 bridgehead atoms. The maximum Gasteiger partial charge on any atom is 0.261 e. The van der Waals surface area contributed by atoms with Crippen molar-refractivity contribution in [2.75, 3.05) is 43.5 Å². The molecule has 0 unspecified atom stereocenters. The summed E-state index contributed by atoms with van der Waals surface area (Å²) in [5.74, 6) is 1.97. The van der Waals surface area contributed by atoms with E-state index in [4.69, 9.17) is 9.72 Å². The number of aryl methyl sites for hydroxylation is 2. The van der Waals surface area contributed by atoms with Crippen LogP contribution < -0.4 is 15.0 Å². The first-order valence-corrected chi connectivity index (χ1v) is 10.8. The van der Waals surface area contributed by atoms with Crippen molar-refractivity contribution >= 4 is 17.7 Å². The smallest absolute Gasteiger partial charge is 0.261 e. The van der Waals surface area contributed by atoms with Gasteiger partial charge in [0.2, 0.25) is 11.8 Å². The second kappa shape index (κ2) is 8.89. The third kappa shape index (κ3) is 4.49. The Morgan fingerprint density at radius 3 is 2.57 bits per heavy atom. The van der Waals surface area contributed by atoms with E-state index in [1.807, 2.05) is 17.9 Å². The summed E-state index contributed by atoms with van der Waals surface area (Å²) < 4.78 is 6.85. The molecular formula is C21H31N7O2. The van der Waals surface area contributed by atoms with Gasteiger partial charge >= 0.3 is 0 Å². The van der Waals surface area contributed by atoms with Gasteiger partial charge in [-0.05, 0) is 19.8 Å². The lowest BCUT2D eigenvalue weighted by Crippen LogP contribution is -2.49. The highest BCUT2D eigenvalue weighted by atomic mass is 16.5. The quantitative estimate of drug-likeness (QED) is 0.804. The number of rotatable bonds is 5. The van der Waals surface area contributed by atoms with E-state index in [0.29, 0.717) is 30.6 Å². The molecule has 1 aliphatic heterocycles. The summed E-state index contributed by atoms with van der Waals surface area (Å²) in [6, 6.07) is 2.49. The molecule has 2 aromatic heterocycles. The molecule has 0 spiro atoms. The number of methoxy groups -OCH3 is 1. The lowest BCUT2D eigenvalue weighted by Gasteiger charge is -2.35. The van der Waals surface area contributed by atoms with Gasteiger partial charge in [-0.2, -0.15) is 4.98 Å². The number of hydrogen-bond donors (Lipinski definition) is 1. The minimum Gasteiger partial charge on any atom is -0.479 e. The summed E-state index contributed by atoms with van der Waals surface area (Å²) in [6.07, 6.45) is 7.95. The van der Waals surface area contributed by atoms with E-state index in [0.717, 1.165) is 30.5 Å². The van der Waals surface area contributed by atoms with Crippen molar-refractivity contribution in [1.29, 1.82) is 0 Å². The Labute approximate surface area is 177 Å². The molecule has 9 nitrogen and oxygen atoms in total. The number of nitrogens with zero attached hydrogens (tertiary/aromatic N) is 6. The zero-order valence-corrected chi connectivity index (χ0v) is 18.1. The standard InChI is InChI=1S/C21H31N7O2/c1-15-13-18(24-21(22-15)23-16-7-5-4-6-8-16)27-9-11-28(12-10-27)20(29)17-14-26(2)25-19(17)30-3/h13-14,16H,4-12H2,1-3H3,(H,22,23,24). The minimum atomic E-state index is -0.0434. The molecule has 4 rings (SSSR count). The molecule has 1 aliphatic carbocycles. The van der Waals surface area contributed by atoms with E-state index in [2.05, 4.69) is 20.3 Å². The highest BCUT2D eigenvalue weighted by Crippen LogP contribution is 2.23. The van der Waals surface area contributed by atoms with Crippen LogP contribution in [0.3, 0.4) is 0 Å². The third-order valence-electron chi connectivity index (χ3n) is 5.89. The number of nitrogens with one attached hydrogen (secondary N) is 1. The van der Waals surface area contributed by atoms with Crippen LogP contribution in [0.15, 0.2) is 12.3 Å². The zero-order chi connectivity index (χ0) is 21.1. The lowest BCUT2D eigenvalue weighted by molar-refractivity contribution is 0.0743. The Hall–Kier alpha value is -2.84. The molecule has 1 saturated heterocycles. The molecule has 1 amide bonds. The van der Waals surface area contributed by atoms with Crippen LogP contribution in [0.25, 0.3) is 0 Å². The number of ether oxygens (including phenoxy) is 1. The summed E-state index contributed by atoms with van der Waals surface area (Å²) in [5.41, 5.74) is 1.46. The fraction of sp³-hybridized carbons (Fsp3) is 0.619. The Morgan fingerprint density at radius 2 is 1.87 bits per heavy atom. The van der Waals surface area contributed by atoms with E-state index in [-0.39, 0.29) is 5.91 Å². The summed E-state index contributed by atoms with van der Waals surface area (Å²) in [7, 11) is 3.32. The molecule has 0 aromatic carbocycles. The molecule has 0 radical (unpaired) electrons. The van der Waals surface area contributed by atoms with Gasteiger partial charge in [0.05, 0.1) is 7.11 Å². The van der Waals surface area contributed by atoms with Gasteiger partial charge in [-0.3, -0.25) is 9.48 Å². The summed E-state index contributed by atoms with van der Waals surface area (Å²) in [4.78, 5) is 26.4. The van der Waals surface area contributed by atoms with E-state index in [9.17, 15) is 4.79 Å². The first-order chi connectivity index (χ1) is 14.5. The molecular weight excluding hydrogens is 382 g/mol. The van der Waals surface area contributed by atoms with Crippen LogP contribution in [0.2, 0.25) is 0 Å². The van der Waals surface area contributed by atoms with Crippen LogP contribution in [0, 0.1) is 6.92 Å². The van der Waals surface area contributed by atoms with E-state index < -0.39 is 0 Å². The van der Waals surface area contributed by atoms with Crippen molar-refractivity contribution in [1.82, 2.24) is 24.6 Å². The van der Waals surface area contributed by atoms with Crippen molar-refractivity contribution in [3.63, 3.8) is 0 Å². The molecule has 2 aliphatic rings. The average molecular weight is 414 g/mol. The van der Waals surface area contributed by atoms with Gasteiger partial charge in [0, 0.05) is 57.2 Å². The predicted molar refractivity (Wildman–Crippen MR) is 115 cm³/mol. The number of amides is 1. The maximum absolute atomic E-state index is 12.9. The van der Waals surface area contributed by atoms with Crippen molar-refractivity contribution in [3.05, 3.63) is 23.5 Å². The SMILES string of the molecule is COc1nn(C)cc1C(=O)N1CCN(c2cc(C)nc(NC3CCCCC3)n2)CC1. The lowest BCUT2D eigenvalue weighted by atomic mass is 9.96. The molecule has 3 heterocycles. The van der Waals surface area contributed by atoms with Crippen LogP contribution >= 0.6 is 0 Å². The Bertz CT molecular complexity index is 883. The fourth-order valence-electron chi connectivity index (χ4n) is 4.28. The minimum absolute atomic E-state index is 0.0434. The second-order valence-corrected chi connectivity index (χ2v) is 8.18. The summed E-state index contributed by atoms with van der Waals surface area (Å²) in [6.45, 7) is 4.73. The highest BCUT2D eigenvalue weighted by molar-refractivity contribution is 5.96. The van der Waals surface area contributed by atoms with Gasteiger partial charge in [0.15, 0.2) is 0 Å². The first-order valence-electron chi connectivity index (χ1n) is 10.8. The number of anilines is 2. The molecule has 1 saturated carbocycles. The third-order valence-corrected chi connectivity index (χ3v) is 5.89. The zero-order valence-electron chi connectivity index (χ0n) is 18.1.